The molecule has 3 aromatic rings. The lowest BCUT2D eigenvalue weighted by Gasteiger charge is -2.23. The molecule has 1 fully saturated rings. The van der Waals surface area contributed by atoms with Crippen molar-refractivity contribution in [3.8, 4) is 11.1 Å². The Bertz CT molecular complexity index is 976. The molecule has 2 amide bonds. The van der Waals surface area contributed by atoms with Crippen LogP contribution in [-0.2, 0) is 11.2 Å². The number of aromatic nitrogens is 4. The van der Waals surface area contributed by atoms with Gasteiger partial charge in [0.25, 0.3) is 5.91 Å². The lowest BCUT2D eigenvalue weighted by molar-refractivity contribution is -0.120. The number of aromatic amines is 1. The molecule has 2 aromatic heterocycles. The smallest absolute Gasteiger partial charge is 0.254 e. The molecule has 2 heterocycles. The van der Waals surface area contributed by atoms with Crippen molar-refractivity contribution in [2.24, 2.45) is 0 Å². The molecule has 0 saturated heterocycles. The molecule has 29 heavy (non-hydrogen) atoms. The molecule has 0 atom stereocenters. The van der Waals surface area contributed by atoms with Crippen molar-refractivity contribution in [3.63, 3.8) is 0 Å². The van der Waals surface area contributed by atoms with Gasteiger partial charge in [-0.1, -0.05) is 22.4 Å². The maximum atomic E-state index is 13.0. The van der Waals surface area contributed by atoms with Gasteiger partial charge in [0.2, 0.25) is 5.91 Å². The third-order valence-corrected chi connectivity index (χ3v) is 4.96. The number of rotatable bonds is 8. The van der Waals surface area contributed by atoms with Crippen LogP contribution in [0.5, 0.6) is 0 Å². The van der Waals surface area contributed by atoms with Gasteiger partial charge in [0.05, 0.1) is 12.6 Å². The molecule has 1 aromatic carbocycles. The lowest BCUT2D eigenvalue weighted by Crippen LogP contribution is -2.40. The Morgan fingerprint density at radius 2 is 2.00 bits per heavy atom. The number of H-pyrrole nitrogens is 1. The fourth-order valence-electron chi connectivity index (χ4n) is 3.16. The van der Waals surface area contributed by atoms with Crippen LogP contribution in [0.15, 0.2) is 41.3 Å². The lowest BCUT2D eigenvalue weighted by atomic mass is 10.1. The Morgan fingerprint density at radius 3 is 2.62 bits per heavy atom. The van der Waals surface area contributed by atoms with E-state index in [4.69, 9.17) is 0 Å². The first-order valence-electron chi connectivity index (χ1n) is 9.56. The highest BCUT2D eigenvalue weighted by atomic mass is 16.6. The minimum Gasteiger partial charge on any atom is -0.354 e. The van der Waals surface area contributed by atoms with Crippen LogP contribution in [0.3, 0.4) is 0 Å². The molecule has 0 unspecified atom stereocenters. The Balaban J connectivity index is 1.33. The molecule has 0 spiro atoms. The van der Waals surface area contributed by atoms with Crippen LogP contribution in [-0.4, -0.2) is 56.4 Å². The molecular formula is C20H22N6O3. The number of amides is 2. The second kappa shape index (κ2) is 8.26. The first-order valence-corrected chi connectivity index (χ1v) is 9.56. The van der Waals surface area contributed by atoms with E-state index in [1.807, 2.05) is 35.4 Å². The number of carbonyl (C=O) groups excluding carboxylic acids is 2. The standard InChI is InChI=1S/C20H22N6O3/c1-13-18(25-29-24-13)10-19(27)21-8-9-26(17-6-7-17)20(28)15-4-2-14(3-5-15)16-11-22-23-12-16/h2-5,11-12,17H,6-10H2,1H3,(H,21,27)(H,22,23). The summed E-state index contributed by atoms with van der Waals surface area (Å²) in [6.45, 7) is 2.59. The monoisotopic (exact) mass is 394 g/mol. The summed E-state index contributed by atoms with van der Waals surface area (Å²) in [6.07, 6.45) is 5.66. The average molecular weight is 394 g/mol. The van der Waals surface area contributed by atoms with Crippen molar-refractivity contribution in [1.29, 1.82) is 0 Å². The largest absolute Gasteiger partial charge is 0.354 e. The fourth-order valence-corrected chi connectivity index (χ4v) is 3.16. The van der Waals surface area contributed by atoms with Crippen molar-refractivity contribution in [1.82, 2.24) is 30.7 Å². The second-order valence-electron chi connectivity index (χ2n) is 7.12. The molecule has 150 valence electrons. The zero-order valence-corrected chi connectivity index (χ0v) is 16.1. The van der Waals surface area contributed by atoms with E-state index in [-0.39, 0.29) is 24.3 Å². The summed E-state index contributed by atoms with van der Waals surface area (Å²) in [5.74, 6) is -0.187. The SMILES string of the molecule is Cc1nonc1CC(=O)NCCN(C(=O)c1ccc(-c2cn[nH]c2)cc1)C1CC1. The number of nitrogens with zero attached hydrogens (tertiary/aromatic N) is 4. The molecule has 0 bridgehead atoms. The number of nitrogens with one attached hydrogen (secondary N) is 2. The van der Waals surface area contributed by atoms with Gasteiger partial charge in [0.15, 0.2) is 0 Å². The van der Waals surface area contributed by atoms with Crippen molar-refractivity contribution < 1.29 is 14.2 Å². The highest BCUT2D eigenvalue weighted by Crippen LogP contribution is 2.28. The van der Waals surface area contributed by atoms with Crippen molar-refractivity contribution in [2.75, 3.05) is 13.1 Å². The highest BCUT2D eigenvalue weighted by molar-refractivity contribution is 5.95. The molecule has 4 rings (SSSR count). The average Bonchev–Trinajstić information content (AvgIpc) is 3.25. The number of hydrogen-bond donors (Lipinski definition) is 2. The molecular weight excluding hydrogens is 372 g/mol. The topological polar surface area (TPSA) is 117 Å². The Hall–Kier alpha value is -3.49. The normalized spacial score (nSPS) is 13.3. The molecule has 1 aliphatic rings. The fraction of sp³-hybridized carbons (Fsp3) is 0.350. The molecule has 0 aliphatic heterocycles. The van der Waals surface area contributed by atoms with Crippen LogP contribution >= 0.6 is 0 Å². The highest BCUT2D eigenvalue weighted by Gasteiger charge is 2.32. The Kier molecular flexibility index (Phi) is 5.37. The predicted octanol–water partition coefficient (Wildman–Crippen LogP) is 1.73. The van der Waals surface area contributed by atoms with E-state index in [1.165, 1.54) is 0 Å². The predicted molar refractivity (Wildman–Crippen MR) is 104 cm³/mol. The van der Waals surface area contributed by atoms with Gasteiger partial charge in [-0.05, 0) is 37.5 Å². The molecule has 9 nitrogen and oxygen atoms in total. The number of benzene rings is 1. The zero-order valence-electron chi connectivity index (χ0n) is 16.1. The van der Waals surface area contributed by atoms with E-state index < -0.39 is 0 Å². The zero-order chi connectivity index (χ0) is 20.2. The van der Waals surface area contributed by atoms with Crippen LogP contribution in [0.2, 0.25) is 0 Å². The summed E-state index contributed by atoms with van der Waals surface area (Å²) < 4.78 is 4.60. The van der Waals surface area contributed by atoms with Crippen LogP contribution in [0, 0.1) is 6.92 Å². The second-order valence-corrected chi connectivity index (χ2v) is 7.12. The number of aryl methyl sites for hydroxylation is 1. The van der Waals surface area contributed by atoms with Gasteiger partial charge >= 0.3 is 0 Å². The summed E-state index contributed by atoms with van der Waals surface area (Å²) in [4.78, 5) is 26.9. The summed E-state index contributed by atoms with van der Waals surface area (Å²) in [5, 5.41) is 16.9. The number of hydrogen-bond acceptors (Lipinski definition) is 6. The molecule has 0 radical (unpaired) electrons. The Morgan fingerprint density at radius 1 is 1.21 bits per heavy atom. The molecule has 9 heteroatoms. The minimum absolute atomic E-state index is 0.0166. The Labute approximate surface area is 167 Å². The van der Waals surface area contributed by atoms with Crippen molar-refractivity contribution in [2.45, 2.75) is 32.2 Å². The third kappa shape index (κ3) is 4.50. The van der Waals surface area contributed by atoms with E-state index in [2.05, 4.69) is 30.5 Å². The summed E-state index contributed by atoms with van der Waals surface area (Å²) in [7, 11) is 0. The van der Waals surface area contributed by atoms with E-state index in [1.54, 1.807) is 13.1 Å². The third-order valence-electron chi connectivity index (χ3n) is 4.96. The minimum atomic E-state index is -0.170. The van der Waals surface area contributed by atoms with E-state index in [0.717, 1.165) is 24.0 Å². The van der Waals surface area contributed by atoms with Gasteiger partial charge in [-0.25, -0.2) is 4.63 Å². The van der Waals surface area contributed by atoms with Crippen LogP contribution in [0.25, 0.3) is 11.1 Å². The summed E-state index contributed by atoms with van der Waals surface area (Å²) in [5.41, 5.74) is 3.74. The summed E-state index contributed by atoms with van der Waals surface area (Å²) >= 11 is 0. The van der Waals surface area contributed by atoms with E-state index in [0.29, 0.717) is 30.0 Å². The van der Waals surface area contributed by atoms with Gasteiger partial charge in [-0.3, -0.25) is 14.7 Å². The number of carbonyl (C=O) groups is 2. The van der Waals surface area contributed by atoms with Crippen molar-refractivity contribution in [3.05, 3.63) is 53.6 Å². The molecule has 2 N–H and O–H groups in total. The van der Waals surface area contributed by atoms with Crippen LogP contribution in [0.4, 0.5) is 0 Å². The van der Waals surface area contributed by atoms with Crippen LogP contribution in [0.1, 0.15) is 34.6 Å². The van der Waals surface area contributed by atoms with Gasteiger partial charge < -0.3 is 10.2 Å². The maximum absolute atomic E-state index is 13.0. The van der Waals surface area contributed by atoms with Gasteiger partial charge in [-0.15, -0.1) is 0 Å². The van der Waals surface area contributed by atoms with E-state index in [9.17, 15) is 9.59 Å². The molecule has 1 saturated carbocycles. The first kappa shape index (κ1) is 18.9. The van der Waals surface area contributed by atoms with Crippen LogP contribution < -0.4 is 5.32 Å². The van der Waals surface area contributed by atoms with E-state index >= 15 is 0 Å². The quantitative estimate of drug-likeness (QED) is 0.601. The van der Waals surface area contributed by atoms with Gasteiger partial charge in [-0.2, -0.15) is 5.10 Å². The molecule has 1 aliphatic carbocycles. The van der Waals surface area contributed by atoms with Crippen molar-refractivity contribution >= 4 is 11.8 Å². The first-order chi connectivity index (χ1) is 14.1. The summed E-state index contributed by atoms with van der Waals surface area (Å²) in [6, 6.07) is 7.74. The maximum Gasteiger partial charge on any atom is 0.254 e. The van der Waals surface area contributed by atoms with Gasteiger partial charge in [0.1, 0.15) is 11.4 Å². The van der Waals surface area contributed by atoms with Gasteiger partial charge in [0, 0.05) is 36.5 Å².